The molecule has 0 amide bonds. The first-order valence-corrected chi connectivity index (χ1v) is 6.46. The Balaban J connectivity index is 1.91. The summed E-state index contributed by atoms with van der Waals surface area (Å²) in [5, 5.41) is 1.89. The van der Waals surface area contributed by atoms with E-state index in [1.807, 2.05) is 41.8 Å². The fourth-order valence-electron chi connectivity index (χ4n) is 1.48. The van der Waals surface area contributed by atoms with Crippen molar-refractivity contribution in [2.75, 3.05) is 6.61 Å². The number of Topliss-reactive ketones (excluding diaryl/α,β-unsaturated/α-hetero) is 1. The molecule has 0 saturated carbocycles. The standard InChI is InChI=1S/C14H14O2S/c1-2-11-5-7-12(8-6-11)16-10-13(15)14-4-3-9-17-14/h3-9H,2,10H2,1H3. The molecule has 88 valence electrons. The second kappa shape index (κ2) is 5.64. The van der Waals surface area contributed by atoms with Crippen LogP contribution < -0.4 is 4.74 Å². The van der Waals surface area contributed by atoms with E-state index in [4.69, 9.17) is 4.74 Å². The lowest BCUT2D eigenvalue weighted by Gasteiger charge is -2.05. The number of hydrogen-bond donors (Lipinski definition) is 0. The number of ether oxygens (including phenoxy) is 1. The summed E-state index contributed by atoms with van der Waals surface area (Å²) in [4.78, 5) is 12.4. The number of carbonyl (C=O) groups is 1. The highest BCUT2D eigenvalue weighted by molar-refractivity contribution is 7.12. The SMILES string of the molecule is CCc1ccc(OCC(=O)c2cccs2)cc1. The van der Waals surface area contributed by atoms with Crippen LogP contribution in [0, 0.1) is 0 Å². The molecule has 0 unspecified atom stereocenters. The van der Waals surface area contributed by atoms with E-state index in [1.165, 1.54) is 16.9 Å². The third-order valence-electron chi connectivity index (χ3n) is 2.50. The molecule has 0 spiro atoms. The first-order chi connectivity index (χ1) is 8.29. The van der Waals surface area contributed by atoms with Gasteiger partial charge < -0.3 is 4.74 Å². The van der Waals surface area contributed by atoms with E-state index in [1.54, 1.807) is 0 Å². The molecule has 17 heavy (non-hydrogen) atoms. The van der Waals surface area contributed by atoms with Crippen molar-refractivity contribution in [2.45, 2.75) is 13.3 Å². The highest BCUT2D eigenvalue weighted by atomic mass is 32.1. The van der Waals surface area contributed by atoms with Crippen molar-refractivity contribution in [3.05, 3.63) is 52.2 Å². The lowest BCUT2D eigenvalue weighted by molar-refractivity contribution is 0.0925. The van der Waals surface area contributed by atoms with Gasteiger partial charge >= 0.3 is 0 Å². The molecular weight excluding hydrogens is 232 g/mol. The maximum absolute atomic E-state index is 11.7. The van der Waals surface area contributed by atoms with Crippen LogP contribution in [0.5, 0.6) is 5.75 Å². The van der Waals surface area contributed by atoms with E-state index in [0.29, 0.717) is 0 Å². The third-order valence-corrected chi connectivity index (χ3v) is 3.41. The lowest BCUT2D eigenvalue weighted by atomic mass is 10.2. The Kier molecular flexibility index (Phi) is 3.94. The van der Waals surface area contributed by atoms with Gasteiger partial charge in [0.15, 0.2) is 6.61 Å². The normalized spacial score (nSPS) is 10.2. The average molecular weight is 246 g/mol. The van der Waals surface area contributed by atoms with Gasteiger partial charge in [-0.25, -0.2) is 0 Å². The molecule has 0 N–H and O–H groups in total. The Morgan fingerprint density at radius 3 is 2.59 bits per heavy atom. The molecule has 1 heterocycles. The molecule has 0 bridgehead atoms. The summed E-state index contributed by atoms with van der Waals surface area (Å²) >= 11 is 1.44. The van der Waals surface area contributed by atoms with Gasteiger partial charge in [-0.2, -0.15) is 0 Å². The van der Waals surface area contributed by atoms with Gasteiger partial charge in [0.1, 0.15) is 5.75 Å². The van der Waals surface area contributed by atoms with Crippen LogP contribution in [0.2, 0.25) is 0 Å². The van der Waals surface area contributed by atoms with Crippen LogP contribution in [0.25, 0.3) is 0 Å². The molecule has 1 aromatic heterocycles. The van der Waals surface area contributed by atoms with Crippen LogP contribution in [0.15, 0.2) is 41.8 Å². The van der Waals surface area contributed by atoms with Gasteiger partial charge in [-0.05, 0) is 35.6 Å². The number of rotatable bonds is 5. The van der Waals surface area contributed by atoms with Crippen molar-refractivity contribution in [3.63, 3.8) is 0 Å². The summed E-state index contributed by atoms with van der Waals surface area (Å²) in [7, 11) is 0. The molecule has 3 heteroatoms. The molecule has 2 aromatic rings. The smallest absolute Gasteiger partial charge is 0.210 e. The summed E-state index contributed by atoms with van der Waals surface area (Å²) in [5.41, 5.74) is 1.27. The number of hydrogen-bond acceptors (Lipinski definition) is 3. The van der Waals surface area contributed by atoms with Crippen molar-refractivity contribution in [1.29, 1.82) is 0 Å². The first kappa shape index (κ1) is 11.9. The van der Waals surface area contributed by atoms with E-state index in [-0.39, 0.29) is 12.4 Å². The van der Waals surface area contributed by atoms with Crippen molar-refractivity contribution in [1.82, 2.24) is 0 Å². The molecule has 0 radical (unpaired) electrons. The van der Waals surface area contributed by atoms with E-state index in [2.05, 4.69) is 6.92 Å². The van der Waals surface area contributed by atoms with Gasteiger partial charge in [-0.3, -0.25) is 4.79 Å². The Labute approximate surface area is 105 Å². The lowest BCUT2D eigenvalue weighted by Crippen LogP contribution is -2.09. The van der Waals surface area contributed by atoms with Crippen LogP contribution in [-0.4, -0.2) is 12.4 Å². The zero-order valence-electron chi connectivity index (χ0n) is 9.68. The van der Waals surface area contributed by atoms with Gasteiger partial charge in [0.25, 0.3) is 0 Å². The van der Waals surface area contributed by atoms with Crippen molar-refractivity contribution < 1.29 is 9.53 Å². The van der Waals surface area contributed by atoms with Gasteiger partial charge in [0.05, 0.1) is 4.88 Å². The predicted molar refractivity (Wildman–Crippen MR) is 70.0 cm³/mol. The van der Waals surface area contributed by atoms with Gasteiger partial charge in [0.2, 0.25) is 5.78 Å². The minimum absolute atomic E-state index is 0.0274. The van der Waals surface area contributed by atoms with E-state index in [9.17, 15) is 4.79 Å². The van der Waals surface area contributed by atoms with Crippen LogP contribution in [0.4, 0.5) is 0 Å². The molecule has 0 fully saturated rings. The minimum Gasteiger partial charge on any atom is -0.485 e. The zero-order valence-corrected chi connectivity index (χ0v) is 10.5. The molecule has 2 rings (SSSR count). The summed E-state index contributed by atoms with van der Waals surface area (Å²) in [6, 6.07) is 11.5. The maximum Gasteiger partial charge on any atom is 0.210 e. The molecule has 0 saturated heterocycles. The van der Waals surface area contributed by atoms with Crippen LogP contribution in [0.1, 0.15) is 22.2 Å². The highest BCUT2D eigenvalue weighted by Crippen LogP contribution is 2.14. The second-order valence-corrected chi connectivity index (χ2v) is 4.63. The summed E-state index contributed by atoms with van der Waals surface area (Å²) in [5.74, 6) is 0.770. The maximum atomic E-state index is 11.7. The molecule has 0 aliphatic rings. The van der Waals surface area contributed by atoms with Gasteiger partial charge in [0, 0.05) is 0 Å². The van der Waals surface area contributed by atoms with Gasteiger partial charge in [-0.15, -0.1) is 11.3 Å². The van der Waals surface area contributed by atoms with Crippen molar-refractivity contribution in [3.8, 4) is 5.75 Å². The quantitative estimate of drug-likeness (QED) is 0.754. The van der Waals surface area contributed by atoms with Crippen LogP contribution in [-0.2, 0) is 6.42 Å². The largest absolute Gasteiger partial charge is 0.485 e. The molecule has 0 aliphatic heterocycles. The topological polar surface area (TPSA) is 26.3 Å². The number of aryl methyl sites for hydroxylation is 1. The van der Waals surface area contributed by atoms with E-state index < -0.39 is 0 Å². The fraction of sp³-hybridized carbons (Fsp3) is 0.214. The number of thiophene rings is 1. The molecule has 0 aliphatic carbocycles. The Hall–Kier alpha value is -1.61. The minimum atomic E-state index is 0.0274. The molecular formula is C14H14O2S. The molecule has 2 nitrogen and oxygen atoms in total. The second-order valence-electron chi connectivity index (χ2n) is 3.69. The summed E-state index contributed by atoms with van der Waals surface area (Å²) in [6.07, 6.45) is 1.01. The van der Waals surface area contributed by atoms with Gasteiger partial charge in [-0.1, -0.05) is 25.1 Å². The zero-order chi connectivity index (χ0) is 12.1. The molecule has 1 aromatic carbocycles. The Bertz CT molecular complexity index is 471. The van der Waals surface area contributed by atoms with Crippen LogP contribution in [0.3, 0.4) is 0 Å². The van der Waals surface area contributed by atoms with Crippen LogP contribution >= 0.6 is 11.3 Å². The summed E-state index contributed by atoms with van der Waals surface area (Å²) < 4.78 is 5.45. The number of carbonyl (C=O) groups excluding carboxylic acids is 1. The van der Waals surface area contributed by atoms with Crippen molar-refractivity contribution >= 4 is 17.1 Å². The first-order valence-electron chi connectivity index (χ1n) is 5.58. The Morgan fingerprint density at radius 1 is 1.24 bits per heavy atom. The fourth-order valence-corrected chi connectivity index (χ4v) is 2.13. The Morgan fingerprint density at radius 2 is 2.00 bits per heavy atom. The third kappa shape index (κ3) is 3.17. The average Bonchev–Trinajstić information content (AvgIpc) is 2.90. The molecule has 0 atom stereocenters. The monoisotopic (exact) mass is 246 g/mol. The van der Waals surface area contributed by atoms with Crippen molar-refractivity contribution in [2.24, 2.45) is 0 Å². The summed E-state index contributed by atoms with van der Waals surface area (Å²) in [6.45, 7) is 2.21. The highest BCUT2D eigenvalue weighted by Gasteiger charge is 2.07. The number of benzene rings is 1. The van der Waals surface area contributed by atoms with E-state index in [0.717, 1.165) is 17.0 Å². The predicted octanol–water partition coefficient (Wildman–Crippen LogP) is 3.57. The van der Waals surface area contributed by atoms with E-state index >= 15 is 0 Å². The number of ketones is 1.